The van der Waals surface area contributed by atoms with Gasteiger partial charge in [-0.15, -0.1) is 0 Å². The normalized spacial score (nSPS) is 26.6. The molecule has 1 fully saturated rings. The Labute approximate surface area is 122 Å². The summed E-state index contributed by atoms with van der Waals surface area (Å²) in [7, 11) is 0. The van der Waals surface area contributed by atoms with Crippen LogP contribution in [0.2, 0.25) is 0 Å². The Morgan fingerprint density at radius 1 is 1.05 bits per heavy atom. The van der Waals surface area contributed by atoms with Crippen LogP contribution in [0.5, 0.6) is 0 Å². The first-order chi connectivity index (χ1) is 9.58. The van der Waals surface area contributed by atoms with Crippen molar-refractivity contribution in [1.29, 1.82) is 0 Å². The first kappa shape index (κ1) is 17.4. The fourth-order valence-electron chi connectivity index (χ4n) is 2.35. The van der Waals surface area contributed by atoms with Crippen LogP contribution in [0.25, 0.3) is 0 Å². The molecule has 1 aliphatic rings. The van der Waals surface area contributed by atoms with Crippen molar-refractivity contribution in [3.8, 4) is 0 Å². The van der Waals surface area contributed by atoms with E-state index >= 15 is 0 Å². The van der Waals surface area contributed by atoms with Gasteiger partial charge in [0, 0.05) is 11.8 Å². The summed E-state index contributed by atoms with van der Waals surface area (Å²) in [6.07, 6.45) is 10.8. The maximum absolute atomic E-state index is 10.8. The molecule has 1 saturated heterocycles. The van der Waals surface area contributed by atoms with Crippen molar-refractivity contribution >= 4 is 0 Å². The molecule has 0 aromatic carbocycles. The number of nitro groups is 1. The zero-order valence-electron chi connectivity index (χ0n) is 12.9. The summed E-state index contributed by atoms with van der Waals surface area (Å²) < 4.78 is 10.9. The molecule has 0 N–H and O–H groups in total. The summed E-state index contributed by atoms with van der Waals surface area (Å²) in [5.41, 5.74) is -1.07. The topological polar surface area (TPSA) is 61.6 Å². The van der Waals surface area contributed by atoms with Gasteiger partial charge in [0.1, 0.15) is 13.2 Å². The molecule has 1 rings (SSSR count). The van der Waals surface area contributed by atoms with Crippen molar-refractivity contribution in [3.05, 3.63) is 10.1 Å². The van der Waals surface area contributed by atoms with E-state index in [0.717, 1.165) is 12.8 Å². The second kappa shape index (κ2) is 9.29. The summed E-state index contributed by atoms with van der Waals surface area (Å²) >= 11 is 0. The monoisotopic (exact) mass is 287 g/mol. The van der Waals surface area contributed by atoms with Crippen LogP contribution in [-0.4, -0.2) is 30.0 Å². The minimum atomic E-state index is -1.07. The number of nitrogens with zero attached hydrogens (tertiary/aromatic N) is 1. The van der Waals surface area contributed by atoms with Gasteiger partial charge in [-0.3, -0.25) is 10.1 Å². The van der Waals surface area contributed by atoms with Gasteiger partial charge >= 0.3 is 0 Å². The fourth-order valence-corrected chi connectivity index (χ4v) is 2.35. The molecule has 0 spiro atoms. The predicted molar refractivity (Wildman–Crippen MR) is 78.3 cm³/mol. The molecule has 0 aromatic heterocycles. The third kappa shape index (κ3) is 6.18. The summed E-state index contributed by atoms with van der Waals surface area (Å²) in [6, 6.07) is 0. The average Bonchev–Trinajstić information content (AvgIpc) is 2.44. The van der Waals surface area contributed by atoms with Gasteiger partial charge in [0.05, 0.1) is 0 Å². The van der Waals surface area contributed by atoms with Gasteiger partial charge in [0.2, 0.25) is 0 Å². The smallest absolute Gasteiger partial charge is 0.265 e. The molecular formula is C15H29NO4. The summed E-state index contributed by atoms with van der Waals surface area (Å²) in [5, 5.41) is 10.8. The lowest BCUT2D eigenvalue weighted by Gasteiger charge is -2.31. The van der Waals surface area contributed by atoms with E-state index in [1.54, 1.807) is 6.92 Å². The number of ether oxygens (including phenoxy) is 2. The molecule has 0 aliphatic carbocycles. The van der Waals surface area contributed by atoms with Gasteiger partial charge in [-0.05, 0) is 12.8 Å². The molecule has 118 valence electrons. The molecule has 1 heterocycles. The maximum atomic E-state index is 10.8. The third-order valence-electron chi connectivity index (χ3n) is 3.89. The van der Waals surface area contributed by atoms with Crippen LogP contribution in [0.3, 0.4) is 0 Å². The van der Waals surface area contributed by atoms with Crippen LogP contribution in [0, 0.1) is 10.1 Å². The quantitative estimate of drug-likeness (QED) is 0.347. The first-order valence-electron chi connectivity index (χ1n) is 7.96. The van der Waals surface area contributed by atoms with Crippen LogP contribution in [0.4, 0.5) is 0 Å². The minimum absolute atomic E-state index is 0.154. The van der Waals surface area contributed by atoms with Crippen molar-refractivity contribution in [2.45, 2.75) is 83.5 Å². The SMILES string of the molecule is CCCCCCCCCCC1OCC(C)([N+](=O)[O-])CO1. The molecular weight excluding hydrogens is 258 g/mol. The highest BCUT2D eigenvalue weighted by molar-refractivity contribution is 4.76. The summed E-state index contributed by atoms with van der Waals surface area (Å²) in [4.78, 5) is 10.5. The zero-order chi connectivity index (χ0) is 14.8. The highest BCUT2D eigenvalue weighted by Gasteiger charge is 2.43. The van der Waals surface area contributed by atoms with Crippen LogP contribution < -0.4 is 0 Å². The molecule has 0 aromatic rings. The third-order valence-corrected chi connectivity index (χ3v) is 3.89. The van der Waals surface area contributed by atoms with E-state index in [1.807, 2.05) is 0 Å². The van der Waals surface area contributed by atoms with E-state index in [4.69, 9.17) is 9.47 Å². The van der Waals surface area contributed by atoms with E-state index in [1.165, 1.54) is 44.9 Å². The Bertz CT molecular complexity index is 275. The van der Waals surface area contributed by atoms with E-state index in [0.29, 0.717) is 0 Å². The Balaban J connectivity index is 1.98. The highest BCUT2D eigenvalue weighted by atomic mass is 16.7. The van der Waals surface area contributed by atoms with E-state index in [2.05, 4.69) is 6.92 Å². The average molecular weight is 287 g/mol. The second-order valence-corrected chi connectivity index (χ2v) is 6.07. The van der Waals surface area contributed by atoms with Crippen molar-refractivity contribution in [1.82, 2.24) is 0 Å². The molecule has 5 nitrogen and oxygen atoms in total. The molecule has 1 aliphatic heterocycles. The Hall–Kier alpha value is -0.680. The van der Waals surface area contributed by atoms with Gasteiger partial charge in [0.15, 0.2) is 6.29 Å². The van der Waals surface area contributed by atoms with Crippen LogP contribution in [0.1, 0.15) is 71.6 Å². The van der Waals surface area contributed by atoms with E-state index in [-0.39, 0.29) is 24.4 Å². The van der Waals surface area contributed by atoms with Crippen molar-refractivity contribution in [2.75, 3.05) is 13.2 Å². The van der Waals surface area contributed by atoms with Crippen LogP contribution in [-0.2, 0) is 9.47 Å². The number of unbranched alkanes of at least 4 members (excludes halogenated alkanes) is 7. The molecule has 0 bridgehead atoms. The van der Waals surface area contributed by atoms with Crippen LogP contribution >= 0.6 is 0 Å². The Morgan fingerprint density at radius 2 is 1.55 bits per heavy atom. The van der Waals surface area contributed by atoms with Crippen molar-refractivity contribution < 1.29 is 14.4 Å². The standard InChI is InChI=1S/C15H29NO4/c1-3-4-5-6-7-8-9-10-11-14-19-12-15(2,13-20-14)16(17)18/h14H,3-13H2,1-2H3. The van der Waals surface area contributed by atoms with E-state index < -0.39 is 5.54 Å². The molecule has 0 amide bonds. The largest absolute Gasteiger partial charge is 0.345 e. The maximum Gasteiger partial charge on any atom is 0.265 e. The summed E-state index contributed by atoms with van der Waals surface area (Å²) in [5.74, 6) is 0. The van der Waals surface area contributed by atoms with Gasteiger partial charge in [0.25, 0.3) is 5.54 Å². The second-order valence-electron chi connectivity index (χ2n) is 6.07. The molecule has 0 unspecified atom stereocenters. The molecule has 0 atom stereocenters. The molecule has 20 heavy (non-hydrogen) atoms. The van der Waals surface area contributed by atoms with Gasteiger partial charge in [-0.1, -0.05) is 51.9 Å². The number of hydrogen-bond donors (Lipinski definition) is 0. The highest BCUT2D eigenvalue weighted by Crippen LogP contribution is 2.21. The lowest BCUT2D eigenvalue weighted by Crippen LogP contribution is -2.50. The van der Waals surface area contributed by atoms with Gasteiger partial charge in [-0.2, -0.15) is 0 Å². The first-order valence-corrected chi connectivity index (χ1v) is 7.96. The molecule has 0 radical (unpaired) electrons. The summed E-state index contributed by atoms with van der Waals surface area (Å²) in [6.45, 7) is 4.11. The Morgan fingerprint density at radius 3 is 2.05 bits per heavy atom. The number of rotatable bonds is 10. The molecule has 5 heteroatoms. The van der Waals surface area contributed by atoms with Crippen molar-refractivity contribution in [2.24, 2.45) is 0 Å². The Kier molecular flexibility index (Phi) is 8.07. The molecule has 0 saturated carbocycles. The van der Waals surface area contributed by atoms with Crippen LogP contribution in [0.15, 0.2) is 0 Å². The van der Waals surface area contributed by atoms with Gasteiger partial charge in [-0.25, -0.2) is 0 Å². The van der Waals surface area contributed by atoms with E-state index in [9.17, 15) is 10.1 Å². The predicted octanol–water partition coefficient (Wildman–Crippen LogP) is 3.93. The minimum Gasteiger partial charge on any atom is -0.345 e. The van der Waals surface area contributed by atoms with Crippen molar-refractivity contribution in [3.63, 3.8) is 0 Å². The fraction of sp³-hybridized carbons (Fsp3) is 1.00. The lowest BCUT2D eigenvalue weighted by atomic mass is 10.0. The lowest BCUT2D eigenvalue weighted by molar-refractivity contribution is -0.586. The van der Waals surface area contributed by atoms with Gasteiger partial charge < -0.3 is 9.47 Å². The zero-order valence-corrected chi connectivity index (χ0v) is 12.9. The number of hydrogen-bond acceptors (Lipinski definition) is 4.